The van der Waals surface area contributed by atoms with Gasteiger partial charge in [-0.3, -0.25) is 9.69 Å². The molecule has 32 heavy (non-hydrogen) atoms. The first-order valence-corrected chi connectivity index (χ1v) is 11.6. The van der Waals surface area contributed by atoms with Crippen LogP contribution in [0.5, 0.6) is 0 Å². The van der Waals surface area contributed by atoms with E-state index in [1.807, 2.05) is 38.1 Å². The Balaban J connectivity index is 1.79. The first-order valence-electron chi connectivity index (χ1n) is 11.2. The van der Waals surface area contributed by atoms with Crippen LogP contribution in [0.15, 0.2) is 53.5 Å². The van der Waals surface area contributed by atoms with Crippen LogP contribution in [0.4, 0.5) is 0 Å². The third kappa shape index (κ3) is 5.01. The van der Waals surface area contributed by atoms with E-state index < -0.39 is 5.54 Å². The topological polar surface area (TPSA) is 70.7 Å². The molecule has 0 fully saturated rings. The molecule has 170 valence electrons. The van der Waals surface area contributed by atoms with E-state index in [9.17, 15) is 4.79 Å². The molecule has 0 radical (unpaired) electrons. The summed E-state index contributed by atoms with van der Waals surface area (Å²) in [6.45, 7) is 12.3. The van der Waals surface area contributed by atoms with Crippen LogP contribution in [0.2, 0.25) is 0 Å². The van der Waals surface area contributed by atoms with E-state index in [2.05, 4.69) is 57.3 Å². The van der Waals surface area contributed by atoms with Gasteiger partial charge < -0.3 is 11.1 Å². The maximum Gasteiger partial charge on any atom is 0.232 e. The van der Waals surface area contributed by atoms with Gasteiger partial charge in [0.05, 0.1) is 18.0 Å². The number of amides is 1. The molecule has 3 rings (SSSR count). The van der Waals surface area contributed by atoms with Crippen molar-refractivity contribution in [3.63, 3.8) is 0 Å². The van der Waals surface area contributed by atoms with Gasteiger partial charge in [-0.2, -0.15) is 0 Å². The number of thiocarbonyl (C=S) groups is 1. The van der Waals surface area contributed by atoms with E-state index in [0.717, 1.165) is 11.1 Å². The Hall–Kier alpha value is -2.73. The van der Waals surface area contributed by atoms with Gasteiger partial charge in [0.2, 0.25) is 5.91 Å². The highest BCUT2D eigenvalue weighted by atomic mass is 32.1. The quantitative estimate of drug-likeness (QED) is 0.605. The van der Waals surface area contributed by atoms with Gasteiger partial charge >= 0.3 is 0 Å². The number of nitrogens with two attached hydrogens (primary N) is 1. The fourth-order valence-electron chi connectivity index (χ4n) is 4.01. The lowest BCUT2D eigenvalue weighted by atomic mass is 9.84. The van der Waals surface area contributed by atoms with E-state index in [1.54, 1.807) is 4.90 Å². The third-order valence-corrected chi connectivity index (χ3v) is 6.90. The number of aryl methyl sites for hydroxylation is 1. The van der Waals surface area contributed by atoms with Crippen LogP contribution in [0.25, 0.3) is 0 Å². The van der Waals surface area contributed by atoms with Crippen molar-refractivity contribution in [1.82, 2.24) is 10.2 Å². The Morgan fingerprint density at radius 1 is 1.12 bits per heavy atom. The van der Waals surface area contributed by atoms with Gasteiger partial charge in [-0.15, -0.1) is 0 Å². The van der Waals surface area contributed by atoms with Crippen molar-refractivity contribution < 1.29 is 4.79 Å². The second-order valence-electron chi connectivity index (χ2n) is 9.33. The largest absolute Gasteiger partial charge is 0.369 e. The van der Waals surface area contributed by atoms with Crippen LogP contribution in [-0.4, -0.2) is 27.3 Å². The van der Waals surface area contributed by atoms with Crippen molar-refractivity contribution >= 4 is 29.1 Å². The maximum absolute atomic E-state index is 13.0. The Morgan fingerprint density at radius 3 is 2.41 bits per heavy atom. The highest BCUT2D eigenvalue weighted by Crippen LogP contribution is 2.33. The Kier molecular flexibility index (Phi) is 7.03. The number of carbonyl (C=O) groups is 1. The lowest BCUT2D eigenvalue weighted by Crippen LogP contribution is -2.52. The van der Waals surface area contributed by atoms with Gasteiger partial charge in [0, 0.05) is 11.6 Å². The molecule has 3 N–H and O–H groups in total. The molecule has 2 aromatic carbocycles. The smallest absolute Gasteiger partial charge is 0.232 e. The lowest BCUT2D eigenvalue weighted by Gasteiger charge is -2.40. The molecule has 0 saturated heterocycles. The van der Waals surface area contributed by atoms with Crippen molar-refractivity contribution in [1.29, 1.82) is 0 Å². The summed E-state index contributed by atoms with van der Waals surface area (Å²) in [7, 11) is 0. The second kappa shape index (κ2) is 9.41. The number of rotatable bonds is 6. The van der Waals surface area contributed by atoms with E-state index >= 15 is 0 Å². The molecule has 1 aliphatic rings. The summed E-state index contributed by atoms with van der Waals surface area (Å²) in [6.07, 6.45) is 0.351. The zero-order valence-electron chi connectivity index (χ0n) is 19.8. The lowest BCUT2D eigenvalue weighted by molar-refractivity contribution is -0.131. The van der Waals surface area contributed by atoms with Crippen LogP contribution in [-0.2, 0) is 4.79 Å². The molecule has 1 aliphatic heterocycles. The van der Waals surface area contributed by atoms with Crippen LogP contribution < -0.4 is 11.1 Å². The molecule has 0 aromatic heterocycles. The average molecular weight is 451 g/mol. The minimum absolute atomic E-state index is 0.000347. The molecule has 0 saturated carbocycles. The minimum Gasteiger partial charge on any atom is -0.369 e. The van der Waals surface area contributed by atoms with Gasteiger partial charge in [-0.25, -0.2) is 4.99 Å². The molecule has 0 aliphatic carbocycles. The molecule has 1 amide bonds. The maximum atomic E-state index is 13.0. The molecule has 1 heterocycles. The Morgan fingerprint density at radius 2 is 1.78 bits per heavy atom. The summed E-state index contributed by atoms with van der Waals surface area (Å²) in [5.41, 5.74) is 10.1. The number of nitrogens with one attached hydrogen (secondary N) is 1. The first kappa shape index (κ1) is 23.9. The predicted octanol–water partition coefficient (Wildman–Crippen LogP) is 5.04. The number of hydrogen-bond acceptors (Lipinski definition) is 4. The van der Waals surface area contributed by atoms with Crippen LogP contribution >= 0.6 is 12.2 Å². The highest BCUT2D eigenvalue weighted by molar-refractivity contribution is 7.80. The van der Waals surface area contributed by atoms with Crippen molar-refractivity contribution in [2.75, 3.05) is 0 Å². The zero-order chi connectivity index (χ0) is 23.6. The summed E-state index contributed by atoms with van der Waals surface area (Å²) < 4.78 is 0. The molecule has 2 aromatic rings. The monoisotopic (exact) mass is 450 g/mol. The minimum atomic E-state index is -0.462. The van der Waals surface area contributed by atoms with E-state index in [4.69, 9.17) is 22.9 Å². The van der Waals surface area contributed by atoms with Crippen molar-refractivity contribution in [2.45, 2.75) is 65.6 Å². The number of hydrogen-bond donors (Lipinski definition) is 2. The van der Waals surface area contributed by atoms with Crippen LogP contribution in [0.3, 0.4) is 0 Å². The number of benzene rings is 2. The Bertz CT molecular complexity index is 1050. The zero-order valence-corrected chi connectivity index (χ0v) is 20.7. The average Bonchev–Trinajstić information content (AvgIpc) is 2.73. The Labute approximate surface area is 197 Å². The standard InChI is InChI=1S/C26H34N4OS/c1-16(2)26(6)15-23(31)30(25(27)29-26)19(5)21-11-8-12-22(14-21)24(32)28-18(4)20-10-7-9-17(3)13-20/h7-14,16,18-19H,15H2,1-6H3,(H2,27,29)(H,28,32)/t18-,19+,26-/m0/s1. The second-order valence-corrected chi connectivity index (χ2v) is 9.74. The fourth-order valence-corrected chi connectivity index (χ4v) is 4.32. The molecule has 3 atom stereocenters. The molecule has 5 nitrogen and oxygen atoms in total. The highest BCUT2D eigenvalue weighted by Gasteiger charge is 2.40. The molecule has 0 spiro atoms. The number of nitrogens with zero attached hydrogens (tertiary/aromatic N) is 2. The van der Waals surface area contributed by atoms with Gasteiger partial charge in [0.1, 0.15) is 4.99 Å². The molecular formula is C26H34N4OS. The number of guanidine groups is 1. The van der Waals surface area contributed by atoms with E-state index in [1.165, 1.54) is 11.1 Å². The van der Waals surface area contributed by atoms with Gasteiger partial charge in [-0.1, -0.05) is 74.1 Å². The van der Waals surface area contributed by atoms with Crippen LogP contribution in [0, 0.1) is 12.8 Å². The fraction of sp³-hybridized carbons (Fsp3) is 0.423. The van der Waals surface area contributed by atoms with Gasteiger partial charge in [0.15, 0.2) is 5.96 Å². The molecule has 0 bridgehead atoms. The summed E-state index contributed by atoms with van der Waals surface area (Å²) in [6, 6.07) is 16.2. The summed E-state index contributed by atoms with van der Waals surface area (Å²) in [5, 5.41) is 3.43. The van der Waals surface area contributed by atoms with Gasteiger partial charge in [-0.05, 0) is 50.8 Å². The molecule has 0 unspecified atom stereocenters. The van der Waals surface area contributed by atoms with E-state index in [-0.39, 0.29) is 29.9 Å². The normalized spacial score (nSPS) is 20.7. The number of aliphatic imine (C=N–C) groups is 1. The predicted molar refractivity (Wildman–Crippen MR) is 136 cm³/mol. The summed E-state index contributed by atoms with van der Waals surface area (Å²) in [5.74, 6) is 0.508. The summed E-state index contributed by atoms with van der Waals surface area (Å²) in [4.78, 5) is 20.0. The number of carbonyl (C=O) groups excluding carboxylic acids is 1. The van der Waals surface area contributed by atoms with Crippen molar-refractivity contribution in [2.24, 2.45) is 16.6 Å². The molecular weight excluding hydrogens is 416 g/mol. The van der Waals surface area contributed by atoms with Crippen molar-refractivity contribution in [3.8, 4) is 0 Å². The van der Waals surface area contributed by atoms with Crippen molar-refractivity contribution in [3.05, 3.63) is 70.8 Å². The summed E-state index contributed by atoms with van der Waals surface area (Å²) >= 11 is 5.70. The van der Waals surface area contributed by atoms with Gasteiger partial charge in [0.25, 0.3) is 0 Å². The SMILES string of the molecule is Cc1cccc([C@H](C)NC(=S)c2cccc([C@@H](C)N3C(=O)C[C@@](C)(C(C)C)N=C3N)c2)c1. The molecule has 6 heteroatoms. The third-order valence-electron chi connectivity index (χ3n) is 6.55. The van der Waals surface area contributed by atoms with E-state index in [0.29, 0.717) is 11.4 Å². The first-order chi connectivity index (χ1) is 15.0. The van der Waals surface area contributed by atoms with Crippen LogP contribution in [0.1, 0.15) is 75.4 Å².